The zero-order chi connectivity index (χ0) is 16.9. The number of hydrogen-bond donors (Lipinski definition) is 1. The topological polar surface area (TPSA) is 51.7 Å². The van der Waals surface area contributed by atoms with Crippen LogP contribution in [0.5, 0.6) is 0 Å². The van der Waals surface area contributed by atoms with Crippen LogP contribution in [0.4, 0.5) is 10.6 Å². The SMILES string of the molecule is CC/C=C/c1cnc2c(c1)CN(CCN1CCN(C)CC1)C(=O)N2. The third-order valence-electron chi connectivity index (χ3n) is 4.69. The van der Waals surface area contributed by atoms with Gasteiger partial charge in [-0.3, -0.25) is 10.2 Å². The van der Waals surface area contributed by atoms with Gasteiger partial charge in [0.25, 0.3) is 0 Å². The van der Waals surface area contributed by atoms with E-state index in [-0.39, 0.29) is 6.03 Å². The Morgan fingerprint density at radius 1 is 1.25 bits per heavy atom. The number of nitrogens with one attached hydrogen (secondary N) is 1. The minimum absolute atomic E-state index is 0.0408. The van der Waals surface area contributed by atoms with Crippen LogP contribution in [-0.4, -0.2) is 72.0 Å². The number of nitrogens with zero attached hydrogens (tertiary/aromatic N) is 4. The molecule has 1 N–H and O–H groups in total. The van der Waals surface area contributed by atoms with E-state index in [1.165, 1.54) is 0 Å². The van der Waals surface area contributed by atoms with Crippen molar-refractivity contribution in [2.24, 2.45) is 0 Å². The Bertz CT molecular complexity index is 607. The maximum Gasteiger partial charge on any atom is 0.323 e. The van der Waals surface area contributed by atoms with Gasteiger partial charge in [-0.15, -0.1) is 0 Å². The number of allylic oxidation sites excluding steroid dienone is 1. The van der Waals surface area contributed by atoms with Gasteiger partial charge in [0.15, 0.2) is 0 Å². The number of amides is 2. The molecule has 0 aromatic carbocycles. The molecular weight excluding hydrogens is 302 g/mol. The predicted molar refractivity (Wildman–Crippen MR) is 96.9 cm³/mol. The van der Waals surface area contributed by atoms with Crippen molar-refractivity contribution in [1.82, 2.24) is 19.7 Å². The Morgan fingerprint density at radius 3 is 2.79 bits per heavy atom. The first-order valence-electron chi connectivity index (χ1n) is 8.78. The molecule has 0 radical (unpaired) electrons. The number of rotatable bonds is 5. The summed E-state index contributed by atoms with van der Waals surface area (Å²) in [7, 11) is 2.16. The minimum Gasteiger partial charge on any atom is -0.319 e. The zero-order valence-electron chi connectivity index (χ0n) is 14.7. The number of likely N-dealkylation sites (N-methyl/N-ethyl adjacent to an activating group) is 1. The van der Waals surface area contributed by atoms with Crippen LogP contribution in [0, 0.1) is 0 Å². The number of aromatic nitrogens is 1. The van der Waals surface area contributed by atoms with Crippen molar-refractivity contribution in [3.8, 4) is 0 Å². The van der Waals surface area contributed by atoms with Gasteiger partial charge < -0.3 is 9.80 Å². The van der Waals surface area contributed by atoms with Gasteiger partial charge in [-0.2, -0.15) is 0 Å². The van der Waals surface area contributed by atoms with Crippen LogP contribution in [0.15, 0.2) is 18.3 Å². The summed E-state index contributed by atoms with van der Waals surface area (Å²) < 4.78 is 0. The van der Waals surface area contributed by atoms with Crippen molar-refractivity contribution in [3.63, 3.8) is 0 Å². The summed E-state index contributed by atoms with van der Waals surface area (Å²) in [6.45, 7) is 8.80. The average Bonchev–Trinajstić information content (AvgIpc) is 2.59. The van der Waals surface area contributed by atoms with Gasteiger partial charge in [0.2, 0.25) is 0 Å². The standard InChI is InChI=1S/C18H27N5O/c1-3-4-5-15-12-16-14-23(18(24)20-17(16)19-13-15)11-10-22-8-6-21(2)7-9-22/h4-5,12-13H,3,6-11,14H2,1-2H3,(H,19,20,24)/b5-4+. The van der Waals surface area contributed by atoms with E-state index >= 15 is 0 Å². The number of carbonyl (C=O) groups is 1. The lowest BCUT2D eigenvalue weighted by Gasteiger charge is -2.35. The molecule has 6 nitrogen and oxygen atoms in total. The minimum atomic E-state index is -0.0408. The second kappa shape index (κ2) is 7.77. The lowest BCUT2D eigenvalue weighted by atomic mass is 10.1. The first kappa shape index (κ1) is 16.9. The summed E-state index contributed by atoms with van der Waals surface area (Å²) in [5.41, 5.74) is 2.18. The molecule has 24 heavy (non-hydrogen) atoms. The molecule has 0 bridgehead atoms. The van der Waals surface area contributed by atoms with Gasteiger partial charge in [-0.1, -0.05) is 19.1 Å². The van der Waals surface area contributed by atoms with Gasteiger partial charge in [-0.25, -0.2) is 9.78 Å². The van der Waals surface area contributed by atoms with E-state index in [1.54, 1.807) is 0 Å². The van der Waals surface area contributed by atoms with Crippen LogP contribution in [-0.2, 0) is 6.54 Å². The van der Waals surface area contributed by atoms with Gasteiger partial charge in [0.1, 0.15) is 5.82 Å². The number of carbonyl (C=O) groups excluding carboxylic acids is 1. The highest BCUT2D eigenvalue weighted by Gasteiger charge is 2.24. The first-order valence-corrected chi connectivity index (χ1v) is 8.78. The fourth-order valence-electron chi connectivity index (χ4n) is 3.08. The summed E-state index contributed by atoms with van der Waals surface area (Å²) in [6, 6.07) is 2.08. The van der Waals surface area contributed by atoms with E-state index in [2.05, 4.69) is 52.3 Å². The maximum atomic E-state index is 12.3. The molecule has 130 valence electrons. The maximum absolute atomic E-state index is 12.3. The molecule has 3 heterocycles. The fourth-order valence-corrected chi connectivity index (χ4v) is 3.08. The van der Waals surface area contributed by atoms with Crippen molar-refractivity contribution in [2.45, 2.75) is 19.9 Å². The Balaban J connectivity index is 1.60. The van der Waals surface area contributed by atoms with Crippen LogP contribution in [0.25, 0.3) is 6.08 Å². The number of pyridine rings is 1. The normalized spacial score (nSPS) is 19.6. The fraction of sp³-hybridized carbons (Fsp3) is 0.556. The molecule has 1 aromatic rings. The van der Waals surface area contributed by atoms with E-state index in [9.17, 15) is 4.79 Å². The second-order valence-corrected chi connectivity index (χ2v) is 6.58. The molecule has 1 saturated heterocycles. The summed E-state index contributed by atoms with van der Waals surface area (Å²) in [5.74, 6) is 0.699. The monoisotopic (exact) mass is 329 g/mol. The Kier molecular flexibility index (Phi) is 5.48. The molecule has 0 saturated carbocycles. The highest BCUT2D eigenvalue weighted by molar-refractivity contribution is 5.91. The van der Waals surface area contributed by atoms with Crippen molar-refractivity contribution < 1.29 is 4.79 Å². The van der Waals surface area contributed by atoms with Crippen molar-refractivity contribution in [3.05, 3.63) is 29.5 Å². The van der Waals surface area contributed by atoms with E-state index in [0.717, 1.165) is 56.8 Å². The summed E-state index contributed by atoms with van der Waals surface area (Å²) in [4.78, 5) is 23.3. The second-order valence-electron chi connectivity index (χ2n) is 6.58. The molecule has 2 aliphatic rings. The van der Waals surface area contributed by atoms with Gasteiger partial charge in [0, 0.05) is 51.0 Å². The van der Waals surface area contributed by atoms with Crippen LogP contribution in [0.3, 0.4) is 0 Å². The molecule has 0 spiro atoms. The number of fused-ring (bicyclic) bond motifs is 1. The van der Waals surface area contributed by atoms with E-state index in [4.69, 9.17) is 0 Å². The van der Waals surface area contributed by atoms with E-state index in [1.807, 2.05) is 11.1 Å². The van der Waals surface area contributed by atoms with Gasteiger partial charge in [0.05, 0.1) is 6.54 Å². The van der Waals surface area contributed by atoms with E-state index in [0.29, 0.717) is 12.4 Å². The lowest BCUT2D eigenvalue weighted by molar-refractivity contribution is 0.138. The molecule has 2 aliphatic heterocycles. The Hall–Kier alpha value is -1.92. The molecule has 0 atom stereocenters. The smallest absolute Gasteiger partial charge is 0.319 e. The molecule has 0 unspecified atom stereocenters. The van der Waals surface area contributed by atoms with E-state index < -0.39 is 0 Å². The van der Waals surface area contributed by atoms with Crippen molar-refractivity contribution in [2.75, 3.05) is 51.6 Å². The number of urea groups is 1. The molecule has 0 aliphatic carbocycles. The number of piperazine rings is 1. The molecule has 1 fully saturated rings. The molecular formula is C18H27N5O. The average molecular weight is 329 g/mol. The third-order valence-corrected chi connectivity index (χ3v) is 4.69. The number of anilines is 1. The molecule has 2 amide bonds. The summed E-state index contributed by atoms with van der Waals surface area (Å²) >= 11 is 0. The van der Waals surface area contributed by atoms with Crippen molar-refractivity contribution in [1.29, 1.82) is 0 Å². The summed E-state index contributed by atoms with van der Waals surface area (Å²) in [6.07, 6.45) is 7.02. The predicted octanol–water partition coefficient (Wildman–Crippen LogP) is 2.10. The van der Waals surface area contributed by atoms with Gasteiger partial charge in [-0.05, 0) is 25.1 Å². The van der Waals surface area contributed by atoms with Crippen LogP contribution in [0.2, 0.25) is 0 Å². The zero-order valence-corrected chi connectivity index (χ0v) is 14.7. The highest BCUT2D eigenvalue weighted by atomic mass is 16.2. The van der Waals surface area contributed by atoms with Gasteiger partial charge >= 0.3 is 6.03 Å². The van der Waals surface area contributed by atoms with Crippen LogP contribution < -0.4 is 5.32 Å². The highest BCUT2D eigenvalue weighted by Crippen LogP contribution is 2.22. The first-order chi connectivity index (χ1) is 11.7. The lowest BCUT2D eigenvalue weighted by Crippen LogP contribution is -2.48. The third kappa shape index (κ3) is 4.13. The molecule has 1 aromatic heterocycles. The van der Waals surface area contributed by atoms with Crippen molar-refractivity contribution >= 4 is 17.9 Å². The summed E-state index contributed by atoms with van der Waals surface area (Å²) in [5, 5.41) is 2.91. The Morgan fingerprint density at radius 2 is 2.04 bits per heavy atom. The quantitative estimate of drug-likeness (QED) is 0.899. The number of hydrogen-bond acceptors (Lipinski definition) is 4. The Labute approximate surface area is 144 Å². The largest absolute Gasteiger partial charge is 0.323 e. The molecule has 3 rings (SSSR count). The van der Waals surface area contributed by atoms with Crippen LogP contribution in [0.1, 0.15) is 24.5 Å². The molecule has 6 heteroatoms. The van der Waals surface area contributed by atoms with Crippen LogP contribution >= 0.6 is 0 Å².